The molecular weight excluding hydrogens is 294 g/mol. The number of aromatic nitrogens is 1. The summed E-state index contributed by atoms with van der Waals surface area (Å²) in [7, 11) is 0. The normalized spacial score (nSPS) is 12.7. The van der Waals surface area contributed by atoms with Crippen molar-refractivity contribution in [1.82, 2.24) is 4.98 Å². The maximum atomic E-state index is 5.76. The zero-order chi connectivity index (χ0) is 11.1. The number of rotatable bonds is 6. The second-order valence-electron chi connectivity index (χ2n) is 3.53. The standard InChI is InChI=1S/C11H15BrClNS/c1-9(4-6-12)5-7-15-11-3-2-10(13)8-14-11/h2-3,8-9H,4-7H2,1H3. The van der Waals surface area contributed by atoms with Gasteiger partial charge in [0.25, 0.3) is 0 Å². The number of hydrogen-bond acceptors (Lipinski definition) is 2. The Morgan fingerprint density at radius 3 is 2.87 bits per heavy atom. The summed E-state index contributed by atoms with van der Waals surface area (Å²) in [6.45, 7) is 2.29. The van der Waals surface area contributed by atoms with E-state index < -0.39 is 0 Å². The minimum atomic E-state index is 0.701. The van der Waals surface area contributed by atoms with Crippen LogP contribution in [0.5, 0.6) is 0 Å². The molecule has 1 rings (SSSR count). The molecule has 4 heteroatoms. The highest BCUT2D eigenvalue weighted by molar-refractivity contribution is 9.09. The Bertz CT molecular complexity index is 278. The van der Waals surface area contributed by atoms with Crippen molar-refractivity contribution < 1.29 is 0 Å². The van der Waals surface area contributed by atoms with Gasteiger partial charge in [-0.15, -0.1) is 11.8 Å². The predicted molar refractivity (Wildman–Crippen MR) is 72.2 cm³/mol. The fourth-order valence-electron chi connectivity index (χ4n) is 1.14. The lowest BCUT2D eigenvalue weighted by molar-refractivity contribution is 0.555. The van der Waals surface area contributed by atoms with Gasteiger partial charge in [0.1, 0.15) is 0 Å². The highest BCUT2D eigenvalue weighted by atomic mass is 79.9. The van der Waals surface area contributed by atoms with E-state index in [0.29, 0.717) is 5.02 Å². The molecule has 0 saturated heterocycles. The van der Waals surface area contributed by atoms with Crippen molar-refractivity contribution in [2.75, 3.05) is 11.1 Å². The number of alkyl halides is 1. The van der Waals surface area contributed by atoms with Gasteiger partial charge in [-0.3, -0.25) is 0 Å². The van der Waals surface area contributed by atoms with Crippen molar-refractivity contribution in [3.8, 4) is 0 Å². The summed E-state index contributed by atoms with van der Waals surface area (Å²) in [6.07, 6.45) is 4.18. The van der Waals surface area contributed by atoms with Gasteiger partial charge in [0.05, 0.1) is 10.0 Å². The Morgan fingerprint density at radius 1 is 1.47 bits per heavy atom. The van der Waals surface area contributed by atoms with Gasteiger partial charge in [0.15, 0.2) is 0 Å². The quantitative estimate of drug-likeness (QED) is 0.561. The number of hydrogen-bond donors (Lipinski definition) is 0. The van der Waals surface area contributed by atoms with E-state index in [-0.39, 0.29) is 0 Å². The number of thioether (sulfide) groups is 1. The molecule has 0 fully saturated rings. The minimum absolute atomic E-state index is 0.701. The van der Waals surface area contributed by atoms with Gasteiger partial charge in [0, 0.05) is 11.5 Å². The van der Waals surface area contributed by atoms with Gasteiger partial charge in [-0.25, -0.2) is 4.98 Å². The van der Waals surface area contributed by atoms with Crippen molar-refractivity contribution in [3.05, 3.63) is 23.4 Å². The first-order chi connectivity index (χ1) is 7.22. The van der Waals surface area contributed by atoms with E-state index in [1.807, 2.05) is 12.1 Å². The SMILES string of the molecule is CC(CCBr)CCSc1ccc(Cl)cn1. The van der Waals surface area contributed by atoms with E-state index in [0.717, 1.165) is 22.0 Å². The third-order valence-corrected chi connectivity index (χ3v) is 3.82. The van der Waals surface area contributed by atoms with E-state index in [1.54, 1.807) is 18.0 Å². The summed E-state index contributed by atoms with van der Waals surface area (Å²) in [5, 5.41) is 2.86. The largest absolute Gasteiger partial charge is 0.248 e. The molecule has 1 atom stereocenters. The number of nitrogens with zero attached hydrogens (tertiary/aromatic N) is 1. The summed E-state index contributed by atoms with van der Waals surface area (Å²) in [5.74, 6) is 1.91. The zero-order valence-electron chi connectivity index (χ0n) is 8.75. The topological polar surface area (TPSA) is 12.9 Å². The highest BCUT2D eigenvalue weighted by Gasteiger charge is 2.02. The lowest BCUT2D eigenvalue weighted by Gasteiger charge is -2.08. The third-order valence-electron chi connectivity index (χ3n) is 2.16. The summed E-state index contributed by atoms with van der Waals surface area (Å²) >= 11 is 11.0. The van der Waals surface area contributed by atoms with Crippen LogP contribution in [0.1, 0.15) is 19.8 Å². The molecule has 1 heterocycles. The minimum Gasteiger partial charge on any atom is -0.248 e. The Balaban J connectivity index is 2.22. The Hall–Kier alpha value is 0.270. The highest BCUT2D eigenvalue weighted by Crippen LogP contribution is 2.20. The first kappa shape index (κ1) is 13.3. The van der Waals surface area contributed by atoms with Crippen LogP contribution < -0.4 is 0 Å². The molecule has 0 saturated carbocycles. The van der Waals surface area contributed by atoms with Crippen LogP contribution >= 0.6 is 39.3 Å². The molecule has 0 aliphatic carbocycles. The van der Waals surface area contributed by atoms with Crippen LogP contribution in [0.15, 0.2) is 23.4 Å². The van der Waals surface area contributed by atoms with Crippen molar-refractivity contribution in [3.63, 3.8) is 0 Å². The van der Waals surface area contributed by atoms with E-state index in [4.69, 9.17) is 11.6 Å². The molecule has 0 radical (unpaired) electrons. The first-order valence-electron chi connectivity index (χ1n) is 5.02. The Kier molecular flexibility index (Phi) is 6.69. The molecule has 0 bridgehead atoms. The monoisotopic (exact) mass is 307 g/mol. The average molecular weight is 309 g/mol. The van der Waals surface area contributed by atoms with Gasteiger partial charge in [0.2, 0.25) is 0 Å². The van der Waals surface area contributed by atoms with Gasteiger partial charge >= 0.3 is 0 Å². The van der Waals surface area contributed by atoms with Crippen LogP contribution in [0, 0.1) is 5.92 Å². The molecule has 0 aromatic carbocycles. The fraction of sp³-hybridized carbons (Fsp3) is 0.545. The maximum Gasteiger partial charge on any atom is 0.0960 e. The maximum absolute atomic E-state index is 5.76. The average Bonchev–Trinajstić information content (AvgIpc) is 2.21. The Labute approximate surface area is 109 Å². The van der Waals surface area contributed by atoms with Crippen LogP contribution in [0.2, 0.25) is 5.02 Å². The molecule has 0 aliphatic rings. The van der Waals surface area contributed by atoms with E-state index in [1.165, 1.54) is 12.8 Å². The third kappa shape index (κ3) is 5.79. The second-order valence-corrected chi connectivity index (χ2v) is 5.88. The molecule has 1 aromatic rings. The molecule has 0 spiro atoms. The fourth-order valence-corrected chi connectivity index (χ4v) is 3.06. The molecular formula is C11H15BrClNS. The van der Waals surface area contributed by atoms with Crippen molar-refractivity contribution >= 4 is 39.3 Å². The van der Waals surface area contributed by atoms with Crippen LogP contribution in [0.25, 0.3) is 0 Å². The van der Waals surface area contributed by atoms with Crippen LogP contribution in [0.4, 0.5) is 0 Å². The molecule has 1 unspecified atom stereocenters. The Morgan fingerprint density at radius 2 is 2.27 bits per heavy atom. The lowest BCUT2D eigenvalue weighted by Crippen LogP contribution is -1.97. The van der Waals surface area contributed by atoms with E-state index >= 15 is 0 Å². The van der Waals surface area contributed by atoms with Crippen LogP contribution in [-0.4, -0.2) is 16.1 Å². The van der Waals surface area contributed by atoms with Crippen LogP contribution in [0.3, 0.4) is 0 Å². The number of halogens is 2. The van der Waals surface area contributed by atoms with E-state index in [9.17, 15) is 0 Å². The molecule has 0 N–H and O–H groups in total. The summed E-state index contributed by atoms with van der Waals surface area (Å²) in [5.41, 5.74) is 0. The van der Waals surface area contributed by atoms with Crippen molar-refractivity contribution in [1.29, 1.82) is 0 Å². The predicted octanol–water partition coefficient (Wildman–Crippen LogP) is 4.64. The zero-order valence-corrected chi connectivity index (χ0v) is 11.9. The summed E-state index contributed by atoms with van der Waals surface area (Å²) < 4.78 is 0. The summed E-state index contributed by atoms with van der Waals surface area (Å²) in [6, 6.07) is 3.86. The van der Waals surface area contributed by atoms with Gasteiger partial charge in [-0.05, 0) is 36.6 Å². The van der Waals surface area contributed by atoms with E-state index in [2.05, 4.69) is 27.8 Å². The number of pyridine rings is 1. The molecule has 0 amide bonds. The smallest absolute Gasteiger partial charge is 0.0960 e. The van der Waals surface area contributed by atoms with Crippen molar-refractivity contribution in [2.24, 2.45) is 5.92 Å². The van der Waals surface area contributed by atoms with Crippen LogP contribution in [-0.2, 0) is 0 Å². The molecule has 0 aliphatic heterocycles. The molecule has 84 valence electrons. The van der Waals surface area contributed by atoms with Gasteiger partial charge in [-0.1, -0.05) is 34.5 Å². The lowest BCUT2D eigenvalue weighted by atomic mass is 10.1. The molecule has 1 nitrogen and oxygen atoms in total. The van der Waals surface area contributed by atoms with Gasteiger partial charge in [-0.2, -0.15) is 0 Å². The molecule has 15 heavy (non-hydrogen) atoms. The summed E-state index contributed by atoms with van der Waals surface area (Å²) in [4.78, 5) is 4.24. The van der Waals surface area contributed by atoms with Crippen molar-refractivity contribution in [2.45, 2.75) is 24.8 Å². The molecule has 1 aromatic heterocycles. The first-order valence-corrected chi connectivity index (χ1v) is 7.51. The van der Waals surface area contributed by atoms with Gasteiger partial charge < -0.3 is 0 Å². The second kappa shape index (κ2) is 7.53.